The maximum absolute atomic E-state index is 13.2. The first-order chi connectivity index (χ1) is 13.7. The molecule has 1 unspecified atom stereocenters. The lowest BCUT2D eigenvalue weighted by atomic mass is 10.1. The van der Waals surface area contributed by atoms with E-state index in [2.05, 4.69) is 17.4 Å². The number of hydrogen-bond acceptors (Lipinski definition) is 2. The van der Waals surface area contributed by atoms with Crippen molar-refractivity contribution in [2.45, 2.75) is 19.1 Å². The molecule has 3 aromatic carbocycles. The summed E-state index contributed by atoms with van der Waals surface area (Å²) in [6.45, 7) is 1.18. The predicted molar refractivity (Wildman–Crippen MR) is 113 cm³/mol. The Morgan fingerprint density at radius 1 is 0.821 bits per heavy atom. The van der Waals surface area contributed by atoms with Crippen LogP contribution in [0.2, 0.25) is 5.02 Å². The second-order valence-electron chi connectivity index (χ2n) is 6.81. The Hall–Kier alpha value is -2.88. The number of rotatable bonds is 6. The Bertz CT molecular complexity index is 969. The van der Waals surface area contributed by atoms with Gasteiger partial charge in [0.1, 0.15) is 6.04 Å². The van der Waals surface area contributed by atoms with Gasteiger partial charge in [-0.05, 0) is 34.9 Å². The van der Waals surface area contributed by atoms with Crippen molar-refractivity contribution in [3.8, 4) is 0 Å². The van der Waals surface area contributed by atoms with Gasteiger partial charge < -0.3 is 4.90 Å². The normalized spacial score (nSPS) is 16.3. The van der Waals surface area contributed by atoms with E-state index >= 15 is 0 Å². The van der Waals surface area contributed by atoms with Gasteiger partial charge in [0.15, 0.2) is 0 Å². The summed E-state index contributed by atoms with van der Waals surface area (Å²) in [4.78, 5) is 15.0. The van der Waals surface area contributed by atoms with Gasteiger partial charge in [0.05, 0.1) is 6.54 Å². The van der Waals surface area contributed by atoms with Crippen LogP contribution in [0.5, 0.6) is 0 Å². The zero-order chi connectivity index (χ0) is 19.3. The molecule has 0 fully saturated rings. The van der Waals surface area contributed by atoms with Gasteiger partial charge in [-0.15, -0.1) is 0 Å². The molecule has 0 aromatic heterocycles. The van der Waals surface area contributed by atoms with E-state index in [1.807, 2.05) is 83.8 Å². The van der Waals surface area contributed by atoms with Crippen molar-refractivity contribution >= 4 is 23.2 Å². The first-order valence-corrected chi connectivity index (χ1v) is 9.69. The molecule has 3 aromatic rings. The van der Waals surface area contributed by atoms with Crippen LogP contribution in [0.1, 0.15) is 16.7 Å². The molecule has 1 atom stereocenters. The molecule has 0 bridgehead atoms. The highest BCUT2D eigenvalue weighted by Crippen LogP contribution is 2.29. The van der Waals surface area contributed by atoms with Crippen molar-refractivity contribution < 1.29 is 4.79 Å². The van der Waals surface area contributed by atoms with E-state index < -0.39 is 0 Å². The molecule has 1 aliphatic rings. The lowest BCUT2D eigenvalue weighted by molar-refractivity contribution is -0.128. The maximum Gasteiger partial charge on any atom is 0.248 e. The van der Waals surface area contributed by atoms with Crippen LogP contribution in [0.4, 0.5) is 0 Å². The highest BCUT2D eigenvalue weighted by Gasteiger charge is 2.33. The van der Waals surface area contributed by atoms with Gasteiger partial charge in [-0.3, -0.25) is 10.1 Å². The van der Waals surface area contributed by atoms with Crippen LogP contribution in [0, 0.1) is 0 Å². The van der Waals surface area contributed by atoms with Gasteiger partial charge in [0, 0.05) is 17.3 Å². The molecule has 4 heteroatoms. The monoisotopic (exact) mass is 388 g/mol. The first-order valence-electron chi connectivity index (χ1n) is 9.31. The highest BCUT2D eigenvalue weighted by molar-refractivity contribution is 6.30. The minimum absolute atomic E-state index is 0.0599. The summed E-state index contributed by atoms with van der Waals surface area (Å²) >= 11 is 6.05. The van der Waals surface area contributed by atoms with Crippen LogP contribution in [0.25, 0.3) is 5.70 Å². The number of carbonyl (C=O) groups excluding carboxylic acids is 1. The van der Waals surface area contributed by atoms with Gasteiger partial charge in [0.25, 0.3) is 0 Å². The van der Waals surface area contributed by atoms with Gasteiger partial charge in [-0.2, -0.15) is 0 Å². The van der Waals surface area contributed by atoms with E-state index in [-0.39, 0.29) is 11.9 Å². The lowest BCUT2D eigenvalue weighted by Gasteiger charge is -2.22. The molecule has 0 aliphatic carbocycles. The summed E-state index contributed by atoms with van der Waals surface area (Å²) in [5.74, 6) is 0.0599. The third-order valence-corrected chi connectivity index (χ3v) is 5.09. The minimum atomic E-state index is -0.352. The van der Waals surface area contributed by atoms with E-state index in [0.717, 1.165) is 22.4 Å². The molecule has 1 heterocycles. The van der Waals surface area contributed by atoms with Gasteiger partial charge in [-0.1, -0.05) is 84.4 Å². The van der Waals surface area contributed by atoms with Crippen LogP contribution in [-0.2, 0) is 17.9 Å². The molecule has 0 saturated carbocycles. The summed E-state index contributed by atoms with van der Waals surface area (Å²) in [5.41, 5.74) is 4.14. The Labute approximate surface area is 170 Å². The third-order valence-electron chi connectivity index (χ3n) is 4.84. The lowest BCUT2D eigenvalue weighted by Crippen LogP contribution is -2.38. The molecule has 3 nitrogen and oxygen atoms in total. The molecule has 0 radical (unpaired) electrons. The van der Waals surface area contributed by atoms with Crippen LogP contribution in [0.15, 0.2) is 91.0 Å². The number of nitrogens with one attached hydrogen (secondary N) is 1. The molecule has 0 spiro atoms. The average molecular weight is 389 g/mol. The number of amides is 1. The van der Waals surface area contributed by atoms with E-state index in [1.54, 1.807) is 0 Å². The Morgan fingerprint density at radius 3 is 2.07 bits per heavy atom. The third kappa shape index (κ3) is 4.16. The molecular weight excluding hydrogens is 368 g/mol. The van der Waals surface area contributed by atoms with Crippen molar-refractivity contribution in [3.05, 3.63) is 113 Å². The zero-order valence-corrected chi connectivity index (χ0v) is 16.1. The summed E-state index contributed by atoms with van der Waals surface area (Å²) in [7, 11) is 0. The largest absolute Gasteiger partial charge is 0.306 e. The number of benzene rings is 3. The van der Waals surface area contributed by atoms with Crippen molar-refractivity contribution in [3.63, 3.8) is 0 Å². The number of hydrogen-bond donors (Lipinski definition) is 1. The van der Waals surface area contributed by atoms with Gasteiger partial charge in [-0.25, -0.2) is 0 Å². The van der Waals surface area contributed by atoms with Crippen LogP contribution in [-0.4, -0.2) is 16.8 Å². The maximum atomic E-state index is 13.2. The molecule has 4 rings (SSSR count). The van der Waals surface area contributed by atoms with E-state index in [0.29, 0.717) is 18.1 Å². The van der Waals surface area contributed by atoms with Crippen LogP contribution in [0.3, 0.4) is 0 Å². The van der Waals surface area contributed by atoms with Crippen molar-refractivity contribution in [1.82, 2.24) is 10.2 Å². The fourth-order valence-corrected chi connectivity index (χ4v) is 3.50. The van der Waals surface area contributed by atoms with Crippen LogP contribution < -0.4 is 5.32 Å². The molecule has 1 aliphatic heterocycles. The molecule has 140 valence electrons. The Kier molecular flexibility index (Phi) is 5.56. The second-order valence-corrected chi connectivity index (χ2v) is 7.25. The zero-order valence-electron chi connectivity index (χ0n) is 15.4. The second kappa shape index (κ2) is 8.42. The van der Waals surface area contributed by atoms with E-state index in [1.165, 1.54) is 0 Å². The van der Waals surface area contributed by atoms with E-state index in [4.69, 9.17) is 11.6 Å². The van der Waals surface area contributed by atoms with Gasteiger partial charge >= 0.3 is 0 Å². The Morgan fingerprint density at radius 2 is 1.43 bits per heavy atom. The topological polar surface area (TPSA) is 32.3 Å². The highest BCUT2D eigenvalue weighted by atomic mass is 35.5. The molecule has 28 heavy (non-hydrogen) atoms. The summed E-state index contributed by atoms with van der Waals surface area (Å²) in [5, 5.41) is 4.06. The average Bonchev–Trinajstić information content (AvgIpc) is 3.04. The number of carbonyl (C=O) groups is 1. The number of nitrogens with zero attached hydrogens (tertiary/aromatic N) is 1. The van der Waals surface area contributed by atoms with Gasteiger partial charge in [0.2, 0.25) is 5.91 Å². The summed E-state index contributed by atoms with van der Waals surface area (Å²) < 4.78 is 0. The minimum Gasteiger partial charge on any atom is -0.306 e. The van der Waals surface area contributed by atoms with E-state index in [9.17, 15) is 4.79 Å². The summed E-state index contributed by atoms with van der Waals surface area (Å²) in [6, 6.07) is 27.4. The fraction of sp³-hybridized carbons (Fsp3) is 0.125. The number of halogens is 1. The summed E-state index contributed by atoms with van der Waals surface area (Å²) in [6.07, 6.45) is 2.01. The first kappa shape index (κ1) is 18.5. The van der Waals surface area contributed by atoms with Crippen molar-refractivity contribution in [1.29, 1.82) is 0 Å². The predicted octanol–water partition coefficient (Wildman–Crippen LogP) is 4.88. The Balaban J connectivity index is 1.59. The van der Waals surface area contributed by atoms with Crippen molar-refractivity contribution in [2.75, 3.05) is 0 Å². The smallest absolute Gasteiger partial charge is 0.248 e. The fourth-order valence-electron chi connectivity index (χ4n) is 3.38. The SMILES string of the molecule is O=C1C(NCc2ccccc2)C=C(c2ccc(Cl)cc2)N1Cc1ccccc1. The molecular formula is C24H21ClN2O. The van der Waals surface area contributed by atoms with Crippen molar-refractivity contribution in [2.24, 2.45) is 0 Å². The molecule has 1 N–H and O–H groups in total. The molecule has 1 amide bonds. The standard InChI is InChI=1S/C24H21ClN2O/c25-21-13-11-20(12-14-21)23-15-22(26-16-18-7-3-1-4-8-18)24(28)27(23)17-19-9-5-2-6-10-19/h1-15,22,26H,16-17H2. The van der Waals surface area contributed by atoms with Crippen LogP contribution >= 0.6 is 11.6 Å². The molecule has 0 saturated heterocycles. The quantitative estimate of drug-likeness (QED) is 0.652.